The first-order valence-electron chi connectivity index (χ1n) is 7.48. The van der Waals surface area contributed by atoms with Crippen LogP contribution in [0.15, 0.2) is 35.9 Å². The van der Waals surface area contributed by atoms with Crippen molar-refractivity contribution < 1.29 is 9.53 Å². The van der Waals surface area contributed by atoms with Gasteiger partial charge in [0.15, 0.2) is 0 Å². The number of carbonyl (C=O) groups excluding carboxylic acids is 1. The molecule has 0 unspecified atom stereocenters. The van der Waals surface area contributed by atoms with Crippen molar-refractivity contribution in [3.05, 3.63) is 41.5 Å². The van der Waals surface area contributed by atoms with E-state index in [1.165, 1.54) is 31.3 Å². The lowest BCUT2D eigenvalue weighted by molar-refractivity contribution is 0.0954. The molecule has 108 valence electrons. The minimum atomic E-state index is -0.00976. The molecule has 20 heavy (non-hydrogen) atoms. The number of hydrogen-bond donors (Lipinski definition) is 1. The standard InChI is InChI=1S/C17H23NO2/c1-2-20-16-10-8-15(9-11-16)17(19)18-13-12-14-6-4-3-5-7-14/h6,8-11H,2-5,7,12-13H2,1H3,(H,18,19). The molecule has 1 aliphatic carbocycles. The van der Waals surface area contributed by atoms with Crippen LogP contribution in [0.2, 0.25) is 0 Å². The van der Waals surface area contributed by atoms with E-state index in [2.05, 4.69) is 11.4 Å². The van der Waals surface area contributed by atoms with Crippen LogP contribution < -0.4 is 10.1 Å². The molecule has 0 atom stereocenters. The molecule has 3 heteroatoms. The maximum absolute atomic E-state index is 12.0. The molecule has 0 saturated carbocycles. The van der Waals surface area contributed by atoms with Gasteiger partial charge in [-0.2, -0.15) is 0 Å². The maximum atomic E-state index is 12.0. The molecule has 0 radical (unpaired) electrons. The summed E-state index contributed by atoms with van der Waals surface area (Å²) in [6.07, 6.45) is 8.29. The first-order valence-corrected chi connectivity index (χ1v) is 7.48. The second kappa shape index (κ2) is 7.73. The number of nitrogens with one attached hydrogen (secondary N) is 1. The van der Waals surface area contributed by atoms with Gasteiger partial charge >= 0.3 is 0 Å². The third-order valence-electron chi connectivity index (χ3n) is 3.54. The van der Waals surface area contributed by atoms with Gasteiger partial charge in [0.1, 0.15) is 5.75 Å². The van der Waals surface area contributed by atoms with E-state index in [-0.39, 0.29) is 5.91 Å². The Bertz CT molecular complexity index is 462. The number of amides is 1. The summed E-state index contributed by atoms with van der Waals surface area (Å²) >= 11 is 0. The van der Waals surface area contributed by atoms with Crippen molar-refractivity contribution >= 4 is 5.91 Å². The van der Waals surface area contributed by atoms with Crippen LogP contribution in [-0.4, -0.2) is 19.1 Å². The summed E-state index contributed by atoms with van der Waals surface area (Å²) < 4.78 is 5.36. The van der Waals surface area contributed by atoms with Gasteiger partial charge in [-0.05, 0) is 63.3 Å². The summed E-state index contributed by atoms with van der Waals surface area (Å²) in [6, 6.07) is 7.28. The highest BCUT2D eigenvalue weighted by Gasteiger charge is 2.07. The molecular weight excluding hydrogens is 250 g/mol. The Balaban J connectivity index is 1.77. The van der Waals surface area contributed by atoms with Gasteiger partial charge in [-0.15, -0.1) is 0 Å². The Morgan fingerprint density at radius 1 is 1.25 bits per heavy atom. The molecule has 0 bridgehead atoms. The van der Waals surface area contributed by atoms with Crippen LogP contribution in [0, 0.1) is 0 Å². The molecule has 0 spiro atoms. The largest absolute Gasteiger partial charge is 0.494 e. The van der Waals surface area contributed by atoms with Crippen molar-refractivity contribution in [3.8, 4) is 5.75 Å². The Hall–Kier alpha value is -1.77. The Morgan fingerprint density at radius 3 is 2.70 bits per heavy atom. The van der Waals surface area contributed by atoms with Gasteiger partial charge in [0.05, 0.1) is 6.61 Å². The minimum Gasteiger partial charge on any atom is -0.494 e. The number of rotatable bonds is 6. The number of carbonyl (C=O) groups is 1. The van der Waals surface area contributed by atoms with Crippen molar-refractivity contribution in [2.24, 2.45) is 0 Å². The van der Waals surface area contributed by atoms with E-state index in [0.717, 1.165) is 18.7 Å². The summed E-state index contributed by atoms with van der Waals surface area (Å²) in [6.45, 7) is 3.30. The van der Waals surface area contributed by atoms with E-state index in [9.17, 15) is 4.79 Å². The van der Waals surface area contributed by atoms with Gasteiger partial charge in [0.2, 0.25) is 0 Å². The van der Waals surface area contributed by atoms with Crippen molar-refractivity contribution in [1.29, 1.82) is 0 Å². The summed E-state index contributed by atoms with van der Waals surface area (Å²) in [5.74, 6) is 0.792. The van der Waals surface area contributed by atoms with Crippen LogP contribution in [0.1, 0.15) is 49.4 Å². The van der Waals surface area contributed by atoms with E-state index in [1.807, 2.05) is 19.1 Å². The van der Waals surface area contributed by atoms with Crippen LogP contribution in [0.5, 0.6) is 5.75 Å². The molecule has 0 fully saturated rings. The van der Waals surface area contributed by atoms with E-state index in [0.29, 0.717) is 12.2 Å². The lowest BCUT2D eigenvalue weighted by atomic mass is 9.97. The Morgan fingerprint density at radius 2 is 2.05 bits per heavy atom. The average Bonchev–Trinajstić information content (AvgIpc) is 2.49. The fourth-order valence-electron chi connectivity index (χ4n) is 2.44. The summed E-state index contributed by atoms with van der Waals surface area (Å²) in [4.78, 5) is 12.0. The third-order valence-corrected chi connectivity index (χ3v) is 3.54. The summed E-state index contributed by atoms with van der Waals surface area (Å²) in [5.41, 5.74) is 2.18. The zero-order valence-corrected chi connectivity index (χ0v) is 12.2. The summed E-state index contributed by atoms with van der Waals surface area (Å²) in [5, 5.41) is 2.98. The number of benzene rings is 1. The highest BCUT2D eigenvalue weighted by Crippen LogP contribution is 2.19. The van der Waals surface area contributed by atoms with Gasteiger partial charge < -0.3 is 10.1 Å². The molecule has 1 N–H and O–H groups in total. The third kappa shape index (κ3) is 4.41. The number of allylic oxidation sites excluding steroid dienone is 1. The lowest BCUT2D eigenvalue weighted by Gasteiger charge is -2.13. The van der Waals surface area contributed by atoms with Gasteiger partial charge in [-0.1, -0.05) is 11.6 Å². The molecular formula is C17H23NO2. The van der Waals surface area contributed by atoms with Crippen LogP contribution in [0.3, 0.4) is 0 Å². The Labute approximate surface area is 121 Å². The highest BCUT2D eigenvalue weighted by molar-refractivity contribution is 5.94. The van der Waals surface area contributed by atoms with E-state index in [4.69, 9.17) is 4.74 Å². The molecule has 1 aromatic rings. The van der Waals surface area contributed by atoms with Crippen LogP contribution in [0.4, 0.5) is 0 Å². The first-order chi connectivity index (χ1) is 9.79. The van der Waals surface area contributed by atoms with Crippen molar-refractivity contribution in [2.45, 2.75) is 39.0 Å². The topological polar surface area (TPSA) is 38.3 Å². The summed E-state index contributed by atoms with van der Waals surface area (Å²) in [7, 11) is 0. The van der Waals surface area contributed by atoms with Gasteiger partial charge in [-0.25, -0.2) is 0 Å². The van der Waals surface area contributed by atoms with Crippen LogP contribution in [0.25, 0.3) is 0 Å². The second-order valence-electron chi connectivity index (χ2n) is 5.07. The van der Waals surface area contributed by atoms with Gasteiger partial charge in [-0.3, -0.25) is 4.79 Å². The van der Waals surface area contributed by atoms with Crippen molar-refractivity contribution in [3.63, 3.8) is 0 Å². The van der Waals surface area contributed by atoms with E-state index < -0.39 is 0 Å². The average molecular weight is 273 g/mol. The molecule has 1 amide bonds. The second-order valence-corrected chi connectivity index (χ2v) is 5.07. The molecule has 1 aliphatic rings. The molecule has 3 nitrogen and oxygen atoms in total. The first kappa shape index (κ1) is 14.6. The molecule has 0 heterocycles. The van der Waals surface area contributed by atoms with Gasteiger partial charge in [0, 0.05) is 12.1 Å². The Kier molecular flexibility index (Phi) is 5.66. The zero-order chi connectivity index (χ0) is 14.2. The van der Waals surface area contributed by atoms with Crippen LogP contribution >= 0.6 is 0 Å². The fourth-order valence-corrected chi connectivity index (χ4v) is 2.44. The molecule has 0 aliphatic heterocycles. The smallest absolute Gasteiger partial charge is 0.251 e. The van der Waals surface area contributed by atoms with Crippen LogP contribution in [-0.2, 0) is 0 Å². The number of ether oxygens (including phenoxy) is 1. The maximum Gasteiger partial charge on any atom is 0.251 e. The normalized spacial score (nSPS) is 14.6. The van der Waals surface area contributed by atoms with E-state index in [1.54, 1.807) is 12.1 Å². The quantitative estimate of drug-likeness (QED) is 0.802. The SMILES string of the molecule is CCOc1ccc(C(=O)NCCC2=CCCCC2)cc1. The molecule has 2 rings (SSSR count). The zero-order valence-electron chi connectivity index (χ0n) is 12.2. The molecule has 0 saturated heterocycles. The predicted molar refractivity (Wildman–Crippen MR) is 81.1 cm³/mol. The predicted octanol–water partition coefficient (Wildman–Crippen LogP) is 3.71. The lowest BCUT2D eigenvalue weighted by Crippen LogP contribution is -2.24. The fraction of sp³-hybridized carbons (Fsp3) is 0.471. The minimum absolute atomic E-state index is 0.00976. The molecule has 1 aromatic carbocycles. The number of hydrogen-bond acceptors (Lipinski definition) is 2. The van der Waals surface area contributed by atoms with E-state index >= 15 is 0 Å². The van der Waals surface area contributed by atoms with Crippen molar-refractivity contribution in [2.75, 3.05) is 13.2 Å². The molecule has 0 aromatic heterocycles. The van der Waals surface area contributed by atoms with Crippen molar-refractivity contribution in [1.82, 2.24) is 5.32 Å². The van der Waals surface area contributed by atoms with Gasteiger partial charge in [0.25, 0.3) is 5.91 Å². The monoisotopic (exact) mass is 273 g/mol. The highest BCUT2D eigenvalue weighted by atomic mass is 16.5.